The van der Waals surface area contributed by atoms with Crippen molar-refractivity contribution in [2.24, 2.45) is 0 Å². The van der Waals surface area contributed by atoms with Crippen LogP contribution < -0.4 is 0 Å². The van der Waals surface area contributed by atoms with Gasteiger partial charge in [0, 0.05) is 13.1 Å². The van der Waals surface area contributed by atoms with Crippen LogP contribution in [0.3, 0.4) is 0 Å². The highest BCUT2D eigenvalue weighted by Crippen LogP contribution is 2.31. The molecule has 0 aromatic rings. The lowest BCUT2D eigenvalue weighted by Gasteiger charge is -2.33. The minimum atomic E-state index is -0.986. The Kier molecular flexibility index (Phi) is 2.80. The summed E-state index contributed by atoms with van der Waals surface area (Å²) in [5.41, 5.74) is 0. The van der Waals surface area contributed by atoms with Gasteiger partial charge in [-0.1, -0.05) is 15.9 Å². The molecule has 1 aliphatic rings. The van der Waals surface area contributed by atoms with Crippen LogP contribution in [-0.2, 0) is 4.79 Å². The number of amides is 1. The fraction of sp³-hybridized carbons (Fsp3) is 0.714. The minimum absolute atomic E-state index is 0.271. The van der Waals surface area contributed by atoms with Crippen molar-refractivity contribution in [1.82, 2.24) is 4.90 Å². The van der Waals surface area contributed by atoms with E-state index in [4.69, 9.17) is 10.2 Å². The van der Waals surface area contributed by atoms with Gasteiger partial charge in [0.05, 0.1) is 0 Å². The molecule has 74 valence electrons. The number of likely N-dealkylation sites (tertiary alicyclic amines) is 1. The second-order valence-electron chi connectivity index (χ2n) is 3.04. The Morgan fingerprint density at radius 1 is 1.23 bits per heavy atom. The molecule has 0 bridgehead atoms. The third kappa shape index (κ3) is 2.12. The van der Waals surface area contributed by atoms with Gasteiger partial charge in [0.25, 0.3) is 0 Å². The molecule has 13 heavy (non-hydrogen) atoms. The molecular formula is C7H10BrNO4. The molecular weight excluding hydrogens is 242 g/mol. The molecule has 1 amide bonds. The molecule has 0 aromatic heterocycles. The number of hydrogen-bond donors (Lipinski definition) is 2. The number of alkyl halides is 1. The molecule has 6 heteroatoms. The summed E-state index contributed by atoms with van der Waals surface area (Å²) in [4.78, 5) is 22.5. The van der Waals surface area contributed by atoms with Gasteiger partial charge in [0.2, 0.25) is 0 Å². The van der Waals surface area contributed by atoms with Crippen LogP contribution in [0.2, 0.25) is 0 Å². The number of halogens is 1. The zero-order chi connectivity index (χ0) is 10.1. The van der Waals surface area contributed by atoms with Crippen LogP contribution in [-0.4, -0.2) is 44.6 Å². The summed E-state index contributed by atoms with van der Waals surface area (Å²) >= 11 is 3.12. The molecule has 0 spiro atoms. The van der Waals surface area contributed by atoms with Crippen molar-refractivity contribution >= 4 is 28.0 Å². The first-order valence-corrected chi connectivity index (χ1v) is 4.65. The van der Waals surface area contributed by atoms with Crippen molar-refractivity contribution in [3.63, 3.8) is 0 Å². The largest absolute Gasteiger partial charge is 0.480 e. The lowest BCUT2D eigenvalue weighted by molar-refractivity contribution is -0.140. The van der Waals surface area contributed by atoms with Gasteiger partial charge in [-0.3, -0.25) is 4.79 Å². The fourth-order valence-corrected chi connectivity index (χ4v) is 1.62. The quantitative estimate of drug-likeness (QED) is 0.682. The second-order valence-corrected chi connectivity index (χ2v) is 4.56. The fourth-order valence-electron chi connectivity index (χ4n) is 1.27. The van der Waals surface area contributed by atoms with Crippen molar-refractivity contribution in [2.75, 3.05) is 13.1 Å². The zero-order valence-electron chi connectivity index (χ0n) is 6.86. The summed E-state index contributed by atoms with van der Waals surface area (Å²) in [6, 6.07) is 0. The first-order chi connectivity index (χ1) is 5.96. The Hall–Kier alpha value is -0.780. The third-order valence-corrected chi connectivity index (χ3v) is 3.34. The van der Waals surface area contributed by atoms with Crippen LogP contribution in [0.1, 0.15) is 12.8 Å². The first-order valence-electron chi connectivity index (χ1n) is 3.86. The van der Waals surface area contributed by atoms with Crippen LogP contribution >= 0.6 is 15.9 Å². The van der Waals surface area contributed by atoms with E-state index in [1.165, 1.54) is 4.90 Å². The maximum atomic E-state index is 10.7. The van der Waals surface area contributed by atoms with E-state index in [1.807, 2.05) is 0 Å². The van der Waals surface area contributed by atoms with E-state index in [0.717, 1.165) is 0 Å². The molecule has 0 atom stereocenters. The topological polar surface area (TPSA) is 77.8 Å². The zero-order valence-corrected chi connectivity index (χ0v) is 8.45. The SMILES string of the molecule is O=C(O)N1CCC(Br)(C(=O)O)CC1. The van der Waals surface area contributed by atoms with Gasteiger partial charge in [0.1, 0.15) is 4.32 Å². The Morgan fingerprint density at radius 2 is 1.69 bits per heavy atom. The second kappa shape index (κ2) is 3.53. The molecule has 1 aliphatic heterocycles. The molecule has 1 heterocycles. The number of carbonyl (C=O) groups is 2. The lowest BCUT2D eigenvalue weighted by Crippen LogP contribution is -2.46. The molecule has 1 saturated heterocycles. The van der Waals surface area contributed by atoms with Crippen molar-refractivity contribution in [3.8, 4) is 0 Å². The maximum Gasteiger partial charge on any atom is 0.407 e. The molecule has 5 nitrogen and oxygen atoms in total. The van der Waals surface area contributed by atoms with Gasteiger partial charge in [-0.05, 0) is 12.8 Å². The average molecular weight is 252 g/mol. The van der Waals surface area contributed by atoms with Crippen LogP contribution in [0.4, 0.5) is 4.79 Å². The van der Waals surface area contributed by atoms with Gasteiger partial charge < -0.3 is 15.1 Å². The molecule has 0 aliphatic carbocycles. The van der Waals surface area contributed by atoms with Gasteiger partial charge in [-0.25, -0.2) is 4.79 Å². The number of hydrogen-bond acceptors (Lipinski definition) is 2. The summed E-state index contributed by atoms with van der Waals surface area (Å²) in [7, 11) is 0. The predicted octanol–water partition coefficient (Wildman–Crippen LogP) is 0.978. The van der Waals surface area contributed by atoms with E-state index in [2.05, 4.69) is 15.9 Å². The van der Waals surface area contributed by atoms with Crippen LogP contribution in [0.5, 0.6) is 0 Å². The molecule has 0 saturated carbocycles. The highest BCUT2D eigenvalue weighted by molar-refractivity contribution is 9.10. The molecule has 0 unspecified atom stereocenters. The van der Waals surface area contributed by atoms with E-state index < -0.39 is 16.4 Å². The highest BCUT2D eigenvalue weighted by atomic mass is 79.9. The van der Waals surface area contributed by atoms with Crippen LogP contribution in [0.15, 0.2) is 0 Å². The van der Waals surface area contributed by atoms with Crippen LogP contribution in [0, 0.1) is 0 Å². The van der Waals surface area contributed by atoms with Gasteiger partial charge >= 0.3 is 12.1 Å². The van der Waals surface area contributed by atoms with Gasteiger partial charge in [-0.15, -0.1) is 0 Å². The number of nitrogens with zero attached hydrogens (tertiary/aromatic N) is 1. The Balaban J connectivity index is 2.56. The third-order valence-electron chi connectivity index (χ3n) is 2.21. The normalized spacial score (nSPS) is 21.2. The first kappa shape index (κ1) is 10.3. The number of piperidine rings is 1. The summed E-state index contributed by atoms with van der Waals surface area (Å²) < 4.78 is -0.932. The summed E-state index contributed by atoms with van der Waals surface area (Å²) in [5, 5.41) is 17.4. The number of carboxylic acids is 1. The number of carboxylic acid groups (broad SMARTS) is 2. The van der Waals surface area contributed by atoms with Gasteiger partial charge in [-0.2, -0.15) is 0 Å². The Bertz CT molecular complexity index is 235. The predicted molar refractivity (Wildman–Crippen MR) is 48.1 cm³/mol. The number of aliphatic carboxylic acids is 1. The molecule has 0 aromatic carbocycles. The summed E-state index contributed by atoms with van der Waals surface area (Å²) in [6.45, 7) is 0.541. The van der Waals surface area contributed by atoms with E-state index in [1.54, 1.807) is 0 Å². The van der Waals surface area contributed by atoms with Crippen molar-refractivity contribution in [2.45, 2.75) is 17.2 Å². The van der Waals surface area contributed by atoms with E-state index in [9.17, 15) is 9.59 Å². The van der Waals surface area contributed by atoms with E-state index in [0.29, 0.717) is 12.8 Å². The average Bonchev–Trinajstić information content (AvgIpc) is 2.04. The van der Waals surface area contributed by atoms with E-state index in [-0.39, 0.29) is 13.1 Å². The monoisotopic (exact) mass is 251 g/mol. The molecule has 0 radical (unpaired) electrons. The van der Waals surface area contributed by atoms with Crippen LogP contribution in [0.25, 0.3) is 0 Å². The summed E-state index contributed by atoms with van der Waals surface area (Å²) in [5.74, 6) is -0.919. The summed E-state index contributed by atoms with van der Waals surface area (Å²) in [6.07, 6.45) is -0.358. The maximum absolute atomic E-state index is 10.7. The Morgan fingerprint density at radius 3 is 2.00 bits per heavy atom. The Labute approximate surface area is 83.5 Å². The van der Waals surface area contributed by atoms with E-state index >= 15 is 0 Å². The standard InChI is InChI=1S/C7H10BrNO4/c8-7(5(10)11)1-3-9(4-2-7)6(12)13/h1-4H2,(H,10,11)(H,12,13). The smallest absolute Gasteiger partial charge is 0.407 e. The highest BCUT2D eigenvalue weighted by Gasteiger charge is 2.39. The van der Waals surface area contributed by atoms with Crippen molar-refractivity contribution in [3.05, 3.63) is 0 Å². The molecule has 1 fully saturated rings. The minimum Gasteiger partial charge on any atom is -0.480 e. The van der Waals surface area contributed by atoms with Crippen molar-refractivity contribution in [1.29, 1.82) is 0 Å². The van der Waals surface area contributed by atoms with Crippen molar-refractivity contribution < 1.29 is 19.8 Å². The molecule has 2 N–H and O–H groups in total. The van der Waals surface area contributed by atoms with Gasteiger partial charge in [0.15, 0.2) is 0 Å². The lowest BCUT2D eigenvalue weighted by atomic mass is 9.97. The number of rotatable bonds is 1. The molecule has 1 rings (SSSR count).